The molecule has 26 heavy (non-hydrogen) atoms. The van der Waals surface area contributed by atoms with Gasteiger partial charge in [-0.25, -0.2) is 12.8 Å². The fourth-order valence-corrected chi connectivity index (χ4v) is 4.40. The van der Waals surface area contributed by atoms with Crippen LogP contribution in [-0.2, 0) is 21.1 Å². The van der Waals surface area contributed by atoms with Crippen LogP contribution in [0.25, 0.3) is 21.6 Å². The summed E-state index contributed by atoms with van der Waals surface area (Å²) in [6, 6.07) is 14.2. The Morgan fingerprint density at radius 2 is 1.62 bits per heavy atom. The predicted molar refractivity (Wildman–Crippen MR) is 99.6 cm³/mol. The van der Waals surface area contributed by atoms with Crippen LogP contribution in [0.4, 0.5) is 4.39 Å². The number of hydrogen-bond acceptors (Lipinski definition) is 4. The largest absolute Gasteiger partial charge is 0.481 e. The van der Waals surface area contributed by atoms with E-state index in [-0.39, 0.29) is 17.1 Å². The lowest BCUT2D eigenvalue weighted by atomic mass is 10.0. The molecule has 7 heteroatoms. The second kappa shape index (κ2) is 7.01. The molecular formula is C19H15FO4S2. The maximum absolute atomic E-state index is 13.2. The molecule has 0 atom stereocenters. The van der Waals surface area contributed by atoms with Gasteiger partial charge in [-0.2, -0.15) is 0 Å². The van der Waals surface area contributed by atoms with Crippen molar-refractivity contribution in [1.29, 1.82) is 0 Å². The highest BCUT2D eigenvalue weighted by Gasteiger charge is 2.16. The maximum Gasteiger partial charge on any atom is 0.308 e. The van der Waals surface area contributed by atoms with E-state index in [1.165, 1.54) is 35.6 Å². The van der Waals surface area contributed by atoms with Crippen LogP contribution in [0.2, 0.25) is 0 Å². The minimum atomic E-state index is -3.30. The Bertz CT molecular complexity index is 1050. The summed E-state index contributed by atoms with van der Waals surface area (Å²) in [5.41, 5.74) is 2.33. The average molecular weight is 390 g/mol. The van der Waals surface area contributed by atoms with Crippen LogP contribution < -0.4 is 0 Å². The molecule has 0 radical (unpaired) electrons. The van der Waals surface area contributed by atoms with Gasteiger partial charge in [0, 0.05) is 21.6 Å². The van der Waals surface area contributed by atoms with Gasteiger partial charge in [0.25, 0.3) is 0 Å². The van der Waals surface area contributed by atoms with Crippen LogP contribution in [0.15, 0.2) is 59.5 Å². The zero-order valence-electron chi connectivity index (χ0n) is 13.8. The third-order valence-electron chi connectivity index (χ3n) is 3.81. The zero-order valence-corrected chi connectivity index (χ0v) is 15.4. The van der Waals surface area contributed by atoms with E-state index in [0.29, 0.717) is 4.88 Å². The molecule has 0 aliphatic heterocycles. The monoisotopic (exact) mass is 390 g/mol. The summed E-state index contributed by atoms with van der Waals surface area (Å²) in [6.45, 7) is 0. The van der Waals surface area contributed by atoms with Crippen molar-refractivity contribution in [2.45, 2.75) is 11.3 Å². The molecule has 0 aliphatic rings. The van der Waals surface area contributed by atoms with Gasteiger partial charge in [0.1, 0.15) is 5.82 Å². The van der Waals surface area contributed by atoms with Gasteiger partial charge in [0.05, 0.1) is 11.3 Å². The molecule has 2 aromatic carbocycles. The van der Waals surface area contributed by atoms with Crippen molar-refractivity contribution in [3.63, 3.8) is 0 Å². The molecule has 0 amide bonds. The highest BCUT2D eigenvalue weighted by atomic mass is 32.2. The number of carboxylic acids is 1. The number of aliphatic carboxylic acids is 1. The predicted octanol–water partition coefficient (Wildman–Crippen LogP) is 4.25. The first-order chi connectivity index (χ1) is 12.2. The van der Waals surface area contributed by atoms with Gasteiger partial charge in [0.2, 0.25) is 0 Å². The van der Waals surface area contributed by atoms with Crippen molar-refractivity contribution >= 4 is 27.1 Å². The molecule has 0 unspecified atom stereocenters. The van der Waals surface area contributed by atoms with Crippen molar-refractivity contribution in [2.24, 2.45) is 0 Å². The van der Waals surface area contributed by atoms with Gasteiger partial charge >= 0.3 is 5.97 Å². The Kier molecular flexibility index (Phi) is 4.93. The van der Waals surface area contributed by atoms with Gasteiger partial charge in [-0.1, -0.05) is 24.3 Å². The van der Waals surface area contributed by atoms with E-state index in [1.54, 1.807) is 30.3 Å². The van der Waals surface area contributed by atoms with E-state index in [2.05, 4.69) is 0 Å². The van der Waals surface area contributed by atoms with Crippen molar-refractivity contribution < 1.29 is 22.7 Å². The number of hydrogen-bond donors (Lipinski definition) is 1. The maximum atomic E-state index is 13.2. The van der Waals surface area contributed by atoms with Gasteiger partial charge < -0.3 is 5.11 Å². The number of carbonyl (C=O) groups is 1. The van der Waals surface area contributed by atoms with Crippen molar-refractivity contribution in [3.05, 3.63) is 65.3 Å². The summed E-state index contributed by atoms with van der Waals surface area (Å²) >= 11 is 1.33. The van der Waals surface area contributed by atoms with Gasteiger partial charge in [-0.05, 0) is 41.5 Å². The third-order valence-corrected chi connectivity index (χ3v) is 6.12. The van der Waals surface area contributed by atoms with E-state index in [1.807, 2.05) is 0 Å². The summed E-state index contributed by atoms with van der Waals surface area (Å²) in [6.07, 6.45) is 1.03. The molecule has 0 fully saturated rings. The quantitative estimate of drug-likeness (QED) is 0.707. The molecule has 1 aromatic heterocycles. The molecule has 4 nitrogen and oxygen atoms in total. The summed E-state index contributed by atoms with van der Waals surface area (Å²) in [5.74, 6) is -1.29. The lowest BCUT2D eigenvalue weighted by Crippen LogP contribution is -1.97. The van der Waals surface area contributed by atoms with Crippen molar-refractivity contribution in [1.82, 2.24) is 0 Å². The molecule has 1 heterocycles. The van der Waals surface area contributed by atoms with E-state index < -0.39 is 15.8 Å². The highest BCUT2D eigenvalue weighted by Crippen LogP contribution is 2.40. The molecule has 0 aliphatic carbocycles. The minimum absolute atomic E-state index is 0.111. The van der Waals surface area contributed by atoms with E-state index in [0.717, 1.165) is 27.8 Å². The van der Waals surface area contributed by atoms with Gasteiger partial charge in [-0.3, -0.25) is 4.79 Å². The smallest absolute Gasteiger partial charge is 0.308 e. The molecule has 134 valence electrons. The van der Waals surface area contributed by atoms with Crippen molar-refractivity contribution in [3.8, 4) is 21.6 Å². The summed E-state index contributed by atoms with van der Waals surface area (Å²) in [5, 5.41) is 9.06. The van der Waals surface area contributed by atoms with Crippen LogP contribution in [0.1, 0.15) is 4.88 Å². The van der Waals surface area contributed by atoms with Crippen molar-refractivity contribution in [2.75, 3.05) is 6.26 Å². The molecule has 0 bridgehead atoms. The minimum Gasteiger partial charge on any atom is -0.481 e. The first-order valence-electron chi connectivity index (χ1n) is 7.65. The number of rotatable bonds is 5. The molecule has 1 N–H and O–H groups in total. The first-order valence-corrected chi connectivity index (χ1v) is 10.4. The van der Waals surface area contributed by atoms with Crippen LogP contribution >= 0.6 is 11.3 Å². The number of carboxylic acid groups (broad SMARTS) is 1. The molecule has 3 rings (SSSR count). The number of thiophene rings is 1. The van der Waals surface area contributed by atoms with E-state index >= 15 is 0 Å². The lowest BCUT2D eigenvalue weighted by Gasteiger charge is -2.06. The van der Waals surface area contributed by atoms with Crippen LogP contribution in [0, 0.1) is 5.82 Å². The second-order valence-electron chi connectivity index (χ2n) is 5.83. The molecule has 0 saturated heterocycles. The van der Waals surface area contributed by atoms with Gasteiger partial charge in [-0.15, -0.1) is 11.3 Å². The highest BCUT2D eigenvalue weighted by molar-refractivity contribution is 7.90. The molecular weight excluding hydrogens is 375 g/mol. The van der Waals surface area contributed by atoms with Crippen LogP contribution in [-0.4, -0.2) is 25.7 Å². The van der Waals surface area contributed by atoms with Crippen LogP contribution in [0.5, 0.6) is 0 Å². The summed E-state index contributed by atoms with van der Waals surface area (Å²) in [7, 11) is -3.30. The Morgan fingerprint density at radius 3 is 2.15 bits per heavy atom. The second-order valence-corrected chi connectivity index (χ2v) is 8.98. The Hall–Kier alpha value is -2.51. The molecule has 0 saturated carbocycles. The fourth-order valence-electron chi connectivity index (χ4n) is 2.59. The Labute approximate surface area is 154 Å². The number of sulfone groups is 1. The summed E-state index contributed by atoms with van der Waals surface area (Å²) in [4.78, 5) is 12.7. The van der Waals surface area contributed by atoms with Crippen LogP contribution in [0.3, 0.4) is 0 Å². The Morgan fingerprint density at radius 1 is 1.04 bits per heavy atom. The first kappa shape index (κ1) is 18.3. The normalized spacial score (nSPS) is 11.5. The summed E-state index contributed by atoms with van der Waals surface area (Å²) < 4.78 is 36.5. The third kappa shape index (κ3) is 4.00. The molecule has 3 aromatic rings. The topological polar surface area (TPSA) is 71.4 Å². The number of halogens is 1. The molecule has 0 spiro atoms. The van der Waals surface area contributed by atoms with Gasteiger partial charge in [0.15, 0.2) is 9.84 Å². The zero-order chi connectivity index (χ0) is 18.9. The average Bonchev–Trinajstić information content (AvgIpc) is 2.98. The Balaban J connectivity index is 2.11. The number of benzene rings is 2. The standard InChI is InChI=1S/C19H15FO4S2/c1-26(23,24)16-8-4-12(5-9-16)17-10-15(11-18(21)22)25-19(17)13-2-6-14(20)7-3-13/h2-10H,11H2,1H3,(H,21,22). The lowest BCUT2D eigenvalue weighted by molar-refractivity contribution is -0.136. The van der Waals surface area contributed by atoms with E-state index in [9.17, 15) is 17.6 Å². The fraction of sp³-hybridized carbons (Fsp3) is 0.105. The SMILES string of the molecule is CS(=O)(=O)c1ccc(-c2cc(CC(=O)O)sc2-c2ccc(F)cc2)cc1. The van der Waals surface area contributed by atoms with E-state index in [4.69, 9.17) is 5.11 Å².